The maximum atomic E-state index is 6.00. The van der Waals surface area contributed by atoms with E-state index >= 15 is 0 Å². The highest BCUT2D eigenvalue weighted by Crippen LogP contribution is 2.29. The lowest BCUT2D eigenvalue weighted by Gasteiger charge is -2.12. The summed E-state index contributed by atoms with van der Waals surface area (Å²) in [6, 6.07) is 19.8. The van der Waals surface area contributed by atoms with Gasteiger partial charge in [-0.15, -0.1) is 0 Å². The van der Waals surface area contributed by atoms with Gasteiger partial charge < -0.3 is 13.9 Å². The van der Waals surface area contributed by atoms with E-state index in [9.17, 15) is 0 Å². The van der Waals surface area contributed by atoms with Crippen molar-refractivity contribution < 1.29 is 9.47 Å². The summed E-state index contributed by atoms with van der Waals surface area (Å²) in [6.45, 7) is 2.57. The number of aryl methyl sites for hydroxylation is 1. The Balaban J connectivity index is 1.47. The van der Waals surface area contributed by atoms with E-state index in [4.69, 9.17) is 9.47 Å². The standard InChI is InChI=1S/C21H18N2O2/c1-16-13-18(24-15-17-5-3-2-4-6-17)7-8-20(16)25-19-9-11-23-12-10-22-21(23)14-19/h2-14H,15H2,1H3. The predicted molar refractivity (Wildman–Crippen MR) is 97.2 cm³/mol. The lowest BCUT2D eigenvalue weighted by molar-refractivity contribution is 0.305. The van der Waals surface area contributed by atoms with Gasteiger partial charge in [-0.2, -0.15) is 0 Å². The molecule has 0 unspecified atom stereocenters. The first-order valence-corrected chi connectivity index (χ1v) is 8.16. The Morgan fingerprint density at radius 3 is 2.64 bits per heavy atom. The molecule has 2 aromatic carbocycles. The van der Waals surface area contributed by atoms with E-state index in [1.165, 1.54) is 0 Å². The topological polar surface area (TPSA) is 35.8 Å². The Morgan fingerprint density at radius 1 is 0.920 bits per heavy atom. The Hall–Kier alpha value is -3.27. The molecule has 4 heteroatoms. The zero-order chi connectivity index (χ0) is 17.1. The van der Waals surface area contributed by atoms with Crippen molar-refractivity contribution in [1.82, 2.24) is 9.38 Å². The van der Waals surface area contributed by atoms with Gasteiger partial charge in [0.15, 0.2) is 0 Å². The number of ether oxygens (including phenoxy) is 2. The smallest absolute Gasteiger partial charge is 0.140 e. The van der Waals surface area contributed by atoms with Crippen LogP contribution in [0.1, 0.15) is 11.1 Å². The first-order valence-electron chi connectivity index (χ1n) is 8.16. The summed E-state index contributed by atoms with van der Waals surface area (Å²) in [5.74, 6) is 2.40. The van der Waals surface area contributed by atoms with Gasteiger partial charge in [0.1, 0.15) is 29.5 Å². The monoisotopic (exact) mass is 330 g/mol. The van der Waals surface area contributed by atoms with E-state index in [0.717, 1.165) is 34.0 Å². The van der Waals surface area contributed by atoms with Crippen LogP contribution in [0.4, 0.5) is 0 Å². The summed E-state index contributed by atoms with van der Waals surface area (Å²) in [6.07, 6.45) is 5.61. The molecule has 0 atom stereocenters. The number of nitrogens with zero attached hydrogens (tertiary/aromatic N) is 2. The summed E-state index contributed by atoms with van der Waals surface area (Å²) in [5, 5.41) is 0. The Bertz CT molecular complexity index is 993. The van der Waals surface area contributed by atoms with Gasteiger partial charge in [0, 0.05) is 24.7 Å². The molecule has 0 N–H and O–H groups in total. The minimum atomic E-state index is 0.553. The van der Waals surface area contributed by atoms with Crippen LogP contribution in [0.3, 0.4) is 0 Å². The molecule has 0 amide bonds. The second-order valence-electron chi connectivity index (χ2n) is 5.86. The lowest BCUT2D eigenvalue weighted by Crippen LogP contribution is -1.96. The fourth-order valence-electron chi connectivity index (χ4n) is 2.65. The van der Waals surface area contributed by atoms with Crippen molar-refractivity contribution in [2.24, 2.45) is 0 Å². The molecule has 0 fully saturated rings. The van der Waals surface area contributed by atoms with Crippen molar-refractivity contribution in [1.29, 1.82) is 0 Å². The third kappa shape index (κ3) is 3.48. The van der Waals surface area contributed by atoms with Gasteiger partial charge in [0.2, 0.25) is 0 Å². The van der Waals surface area contributed by atoms with Crippen LogP contribution in [0.5, 0.6) is 17.2 Å². The summed E-state index contributed by atoms with van der Waals surface area (Å²) < 4.78 is 13.8. The maximum Gasteiger partial charge on any atom is 0.140 e. The van der Waals surface area contributed by atoms with Gasteiger partial charge in [-0.3, -0.25) is 0 Å². The van der Waals surface area contributed by atoms with Crippen molar-refractivity contribution in [3.63, 3.8) is 0 Å². The van der Waals surface area contributed by atoms with E-state index in [1.54, 1.807) is 6.20 Å². The zero-order valence-electron chi connectivity index (χ0n) is 13.9. The Morgan fingerprint density at radius 2 is 1.80 bits per heavy atom. The molecule has 0 spiro atoms. The molecule has 4 nitrogen and oxygen atoms in total. The van der Waals surface area contributed by atoms with Gasteiger partial charge in [-0.05, 0) is 42.3 Å². The fraction of sp³-hybridized carbons (Fsp3) is 0.0952. The molecule has 0 aliphatic rings. The minimum Gasteiger partial charge on any atom is -0.489 e. The molecule has 0 saturated carbocycles. The van der Waals surface area contributed by atoms with Crippen molar-refractivity contribution in [2.45, 2.75) is 13.5 Å². The largest absolute Gasteiger partial charge is 0.489 e. The molecule has 0 bridgehead atoms. The Labute approximate surface area is 146 Å². The van der Waals surface area contributed by atoms with Gasteiger partial charge in [-0.1, -0.05) is 30.3 Å². The van der Waals surface area contributed by atoms with E-state index in [1.807, 2.05) is 72.2 Å². The molecular weight excluding hydrogens is 312 g/mol. The minimum absolute atomic E-state index is 0.553. The number of fused-ring (bicyclic) bond motifs is 1. The van der Waals surface area contributed by atoms with Crippen LogP contribution in [0.25, 0.3) is 5.65 Å². The quantitative estimate of drug-likeness (QED) is 0.516. The van der Waals surface area contributed by atoms with E-state index in [0.29, 0.717) is 6.61 Å². The van der Waals surface area contributed by atoms with E-state index < -0.39 is 0 Å². The molecule has 2 heterocycles. The van der Waals surface area contributed by atoms with E-state index in [2.05, 4.69) is 17.1 Å². The SMILES string of the molecule is Cc1cc(OCc2ccccc2)ccc1Oc1ccn2ccnc2c1. The summed E-state index contributed by atoms with van der Waals surface area (Å²) in [7, 11) is 0. The Kier molecular flexibility index (Phi) is 4.09. The van der Waals surface area contributed by atoms with Crippen molar-refractivity contribution in [2.75, 3.05) is 0 Å². The highest BCUT2D eigenvalue weighted by atomic mass is 16.5. The van der Waals surface area contributed by atoms with Crippen LogP contribution in [0.15, 0.2) is 79.3 Å². The zero-order valence-corrected chi connectivity index (χ0v) is 13.9. The number of benzene rings is 2. The second-order valence-corrected chi connectivity index (χ2v) is 5.86. The number of hydrogen-bond donors (Lipinski definition) is 0. The van der Waals surface area contributed by atoms with E-state index in [-0.39, 0.29) is 0 Å². The van der Waals surface area contributed by atoms with Gasteiger partial charge in [0.25, 0.3) is 0 Å². The number of aromatic nitrogens is 2. The normalized spacial score (nSPS) is 10.8. The van der Waals surface area contributed by atoms with Crippen LogP contribution >= 0.6 is 0 Å². The predicted octanol–water partition coefficient (Wildman–Crippen LogP) is 5.01. The van der Waals surface area contributed by atoms with Gasteiger partial charge in [-0.25, -0.2) is 4.98 Å². The lowest BCUT2D eigenvalue weighted by atomic mass is 10.2. The average Bonchev–Trinajstić information content (AvgIpc) is 3.11. The molecule has 0 aliphatic heterocycles. The third-order valence-corrected chi connectivity index (χ3v) is 3.99. The average molecular weight is 330 g/mol. The highest BCUT2D eigenvalue weighted by molar-refractivity contribution is 5.47. The second kappa shape index (κ2) is 6.69. The highest BCUT2D eigenvalue weighted by Gasteiger charge is 2.05. The van der Waals surface area contributed by atoms with Crippen LogP contribution < -0.4 is 9.47 Å². The summed E-state index contributed by atoms with van der Waals surface area (Å²) in [5.41, 5.74) is 3.03. The molecule has 0 radical (unpaired) electrons. The third-order valence-electron chi connectivity index (χ3n) is 3.99. The molecule has 4 aromatic rings. The van der Waals surface area contributed by atoms with Gasteiger partial charge >= 0.3 is 0 Å². The van der Waals surface area contributed by atoms with Crippen LogP contribution in [-0.2, 0) is 6.61 Å². The first-order chi connectivity index (χ1) is 12.3. The fourth-order valence-corrected chi connectivity index (χ4v) is 2.65. The maximum absolute atomic E-state index is 6.00. The van der Waals surface area contributed by atoms with Crippen LogP contribution in [-0.4, -0.2) is 9.38 Å². The van der Waals surface area contributed by atoms with Crippen molar-refractivity contribution in [3.05, 3.63) is 90.4 Å². The number of rotatable bonds is 5. The van der Waals surface area contributed by atoms with Gasteiger partial charge in [0.05, 0.1) is 0 Å². The van der Waals surface area contributed by atoms with Crippen LogP contribution in [0, 0.1) is 6.92 Å². The molecule has 0 saturated heterocycles. The number of pyridine rings is 1. The van der Waals surface area contributed by atoms with Crippen molar-refractivity contribution >= 4 is 5.65 Å². The molecule has 0 aliphatic carbocycles. The molecular formula is C21H18N2O2. The summed E-state index contributed by atoms with van der Waals surface area (Å²) >= 11 is 0. The molecule has 2 aromatic heterocycles. The van der Waals surface area contributed by atoms with Crippen LogP contribution in [0.2, 0.25) is 0 Å². The number of hydrogen-bond acceptors (Lipinski definition) is 3. The summed E-state index contributed by atoms with van der Waals surface area (Å²) in [4.78, 5) is 4.27. The molecule has 4 rings (SSSR count). The molecule has 25 heavy (non-hydrogen) atoms. The van der Waals surface area contributed by atoms with Crippen molar-refractivity contribution in [3.8, 4) is 17.2 Å². The number of imidazole rings is 1. The molecule has 124 valence electrons. The first kappa shape index (κ1) is 15.3.